The lowest BCUT2D eigenvalue weighted by Gasteiger charge is -2.45. The largest absolute Gasteiger partial charge is 0.314 e. The SMILES string of the molecule is CCNC(CC)CCCN1CCN(C)C(C)(C)C1. The molecule has 0 spiro atoms. The molecule has 3 nitrogen and oxygen atoms in total. The van der Waals surface area contributed by atoms with Gasteiger partial charge in [0.25, 0.3) is 0 Å². The summed E-state index contributed by atoms with van der Waals surface area (Å²) in [6.07, 6.45) is 3.89. The second kappa shape index (κ2) is 7.46. The molecular formula is C15H33N3. The van der Waals surface area contributed by atoms with Gasteiger partial charge in [0.2, 0.25) is 0 Å². The molecule has 0 radical (unpaired) electrons. The van der Waals surface area contributed by atoms with Crippen LogP contribution in [0.1, 0.15) is 47.0 Å². The molecular weight excluding hydrogens is 222 g/mol. The maximum Gasteiger partial charge on any atom is 0.0277 e. The standard InChI is InChI=1S/C15H33N3/c1-6-14(16-7-2)9-8-10-18-12-11-17(5)15(3,4)13-18/h14,16H,6-13H2,1-5H3. The van der Waals surface area contributed by atoms with Crippen molar-refractivity contribution in [3.8, 4) is 0 Å². The topological polar surface area (TPSA) is 18.5 Å². The van der Waals surface area contributed by atoms with Crippen LogP contribution in [-0.4, -0.2) is 61.2 Å². The average Bonchev–Trinajstić information content (AvgIpc) is 2.32. The van der Waals surface area contributed by atoms with Crippen LogP contribution in [0.2, 0.25) is 0 Å². The Morgan fingerprint density at radius 2 is 1.94 bits per heavy atom. The molecule has 1 saturated heterocycles. The lowest BCUT2D eigenvalue weighted by Crippen LogP contribution is -2.57. The van der Waals surface area contributed by atoms with Crippen molar-refractivity contribution >= 4 is 0 Å². The first kappa shape index (κ1) is 15.9. The highest BCUT2D eigenvalue weighted by Gasteiger charge is 2.30. The third-order valence-electron chi connectivity index (χ3n) is 4.41. The summed E-state index contributed by atoms with van der Waals surface area (Å²) in [4.78, 5) is 5.12. The number of rotatable bonds is 7. The Bertz CT molecular complexity index is 228. The molecule has 1 aliphatic rings. The van der Waals surface area contributed by atoms with E-state index in [4.69, 9.17) is 0 Å². The first-order valence-electron chi connectivity index (χ1n) is 7.66. The van der Waals surface area contributed by atoms with Gasteiger partial charge in [0.15, 0.2) is 0 Å². The van der Waals surface area contributed by atoms with Gasteiger partial charge in [0.05, 0.1) is 0 Å². The van der Waals surface area contributed by atoms with Gasteiger partial charge in [-0.05, 0) is 53.2 Å². The van der Waals surface area contributed by atoms with E-state index in [-0.39, 0.29) is 0 Å². The number of nitrogens with zero attached hydrogens (tertiary/aromatic N) is 2. The molecule has 0 saturated carbocycles. The van der Waals surface area contributed by atoms with Crippen LogP contribution in [0.25, 0.3) is 0 Å². The van der Waals surface area contributed by atoms with Crippen LogP contribution in [0, 0.1) is 0 Å². The summed E-state index contributed by atoms with van der Waals surface area (Å²) in [5, 5.41) is 3.57. The predicted octanol–water partition coefficient (Wildman–Crippen LogP) is 2.18. The highest BCUT2D eigenvalue weighted by Crippen LogP contribution is 2.19. The lowest BCUT2D eigenvalue weighted by molar-refractivity contribution is 0.0390. The fourth-order valence-electron chi connectivity index (χ4n) is 2.83. The summed E-state index contributed by atoms with van der Waals surface area (Å²) >= 11 is 0. The number of hydrogen-bond donors (Lipinski definition) is 1. The van der Waals surface area contributed by atoms with Gasteiger partial charge in [-0.15, -0.1) is 0 Å². The molecule has 1 rings (SSSR count). The zero-order chi connectivity index (χ0) is 13.6. The van der Waals surface area contributed by atoms with Crippen molar-refractivity contribution < 1.29 is 0 Å². The quantitative estimate of drug-likeness (QED) is 0.752. The van der Waals surface area contributed by atoms with Crippen LogP contribution >= 0.6 is 0 Å². The number of likely N-dealkylation sites (N-methyl/N-ethyl adjacent to an activating group) is 1. The molecule has 0 aromatic heterocycles. The van der Waals surface area contributed by atoms with E-state index < -0.39 is 0 Å². The van der Waals surface area contributed by atoms with E-state index >= 15 is 0 Å². The molecule has 0 aromatic carbocycles. The summed E-state index contributed by atoms with van der Waals surface area (Å²) in [6, 6.07) is 0.718. The van der Waals surface area contributed by atoms with Crippen LogP contribution in [0.4, 0.5) is 0 Å². The lowest BCUT2D eigenvalue weighted by atomic mass is 9.99. The highest BCUT2D eigenvalue weighted by atomic mass is 15.3. The first-order chi connectivity index (χ1) is 8.49. The van der Waals surface area contributed by atoms with Gasteiger partial charge in [-0.2, -0.15) is 0 Å². The first-order valence-corrected chi connectivity index (χ1v) is 7.66. The zero-order valence-corrected chi connectivity index (χ0v) is 13.1. The van der Waals surface area contributed by atoms with Gasteiger partial charge >= 0.3 is 0 Å². The third kappa shape index (κ3) is 4.87. The van der Waals surface area contributed by atoms with E-state index in [1.807, 2.05) is 0 Å². The van der Waals surface area contributed by atoms with E-state index in [1.165, 1.54) is 45.4 Å². The number of hydrogen-bond acceptors (Lipinski definition) is 3. The van der Waals surface area contributed by atoms with E-state index in [9.17, 15) is 0 Å². The molecule has 3 heteroatoms. The summed E-state index contributed by atoms with van der Waals surface area (Å²) in [5.74, 6) is 0. The van der Waals surface area contributed by atoms with Crippen molar-refractivity contribution in [1.82, 2.24) is 15.1 Å². The second-order valence-electron chi connectivity index (χ2n) is 6.32. The van der Waals surface area contributed by atoms with E-state index in [0.717, 1.165) is 12.6 Å². The molecule has 0 aliphatic carbocycles. The monoisotopic (exact) mass is 255 g/mol. The third-order valence-corrected chi connectivity index (χ3v) is 4.41. The van der Waals surface area contributed by atoms with Gasteiger partial charge in [-0.1, -0.05) is 13.8 Å². The fourth-order valence-corrected chi connectivity index (χ4v) is 2.83. The van der Waals surface area contributed by atoms with Crippen molar-refractivity contribution in [3.63, 3.8) is 0 Å². The second-order valence-corrected chi connectivity index (χ2v) is 6.32. The van der Waals surface area contributed by atoms with E-state index in [1.54, 1.807) is 0 Å². The highest BCUT2D eigenvalue weighted by molar-refractivity contribution is 4.88. The number of piperazine rings is 1. The smallest absolute Gasteiger partial charge is 0.0277 e. The van der Waals surface area contributed by atoms with Crippen LogP contribution in [0.15, 0.2) is 0 Å². The van der Waals surface area contributed by atoms with Gasteiger partial charge in [0, 0.05) is 31.2 Å². The Kier molecular flexibility index (Phi) is 6.61. The van der Waals surface area contributed by atoms with Gasteiger partial charge in [-0.25, -0.2) is 0 Å². The maximum absolute atomic E-state index is 3.57. The summed E-state index contributed by atoms with van der Waals surface area (Å²) in [5.41, 5.74) is 0.337. The Hall–Kier alpha value is -0.120. The van der Waals surface area contributed by atoms with Crippen LogP contribution in [0.5, 0.6) is 0 Å². The zero-order valence-electron chi connectivity index (χ0n) is 13.1. The minimum Gasteiger partial charge on any atom is -0.314 e. The summed E-state index contributed by atoms with van der Waals surface area (Å²) in [7, 11) is 2.25. The van der Waals surface area contributed by atoms with Gasteiger partial charge < -0.3 is 10.2 Å². The Morgan fingerprint density at radius 1 is 1.22 bits per heavy atom. The van der Waals surface area contributed by atoms with Crippen molar-refractivity contribution in [2.75, 3.05) is 39.8 Å². The molecule has 1 heterocycles. The van der Waals surface area contributed by atoms with Gasteiger partial charge in [-0.3, -0.25) is 4.90 Å². The van der Waals surface area contributed by atoms with Crippen molar-refractivity contribution in [2.45, 2.75) is 58.5 Å². The minimum atomic E-state index is 0.337. The molecule has 0 bridgehead atoms. The fraction of sp³-hybridized carbons (Fsp3) is 1.00. The molecule has 1 fully saturated rings. The molecule has 0 amide bonds. The Labute approximate surface area is 114 Å². The average molecular weight is 255 g/mol. The maximum atomic E-state index is 3.57. The van der Waals surface area contributed by atoms with Crippen molar-refractivity contribution in [3.05, 3.63) is 0 Å². The van der Waals surface area contributed by atoms with E-state index in [2.05, 4.69) is 49.9 Å². The van der Waals surface area contributed by atoms with Gasteiger partial charge in [0.1, 0.15) is 0 Å². The molecule has 108 valence electrons. The molecule has 0 aromatic rings. The van der Waals surface area contributed by atoms with Crippen molar-refractivity contribution in [1.29, 1.82) is 0 Å². The predicted molar refractivity (Wildman–Crippen MR) is 80.1 cm³/mol. The molecule has 1 N–H and O–H groups in total. The van der Waals surface area contributed by atoms with Crippen LogP contribution in [0.3, 0.4) is 0 Å². The van der Waals surface area contributed by atoms with Crippen LogP contribution < -0.4 is 5.32 Å². The van der Waals surface area contributed by atoms with Crippen LogP contribution in [-0.2, 0) is 0 Å². The normalized spacial score (nSPS) is 23.2. The molecule has 1 aliphatic heterocycles. The number of nitrogens with one attached hydrogen (secondary N) is 1. The summed E-state index contributed by atoms with van der Waals surface area (Å²) in [6.45, 7) is 15.2. The Balaban J connectivity index is 2.23. The van der Waals surface area contributed by atoms with Crippen molar-refractivity contribution in [2.24, 2.45) is 0 Å². The van der Waals surface area contributed by atoms with E-state index in [0.29, 0.717) is 5.54 Å². The molecule has 1 atom stereocenters. The molecule has 1 unspecified atom stereocenters. The Morgan fingerprint density at radius 3 is 2.50 bits per heavy atom. The summed E-state index contributed by atoms with van der Waals surface area (Å²) < 4.78 is 0. The molecule has 18 heavy (non-hydrogen) atoms. The minimum absolute atomic E-state index is 0.337.